The highest BCUT2D eigenvalue weighted by atomic mass is 16.5. The fourth-order valence-electron chi connectivity index (χ4n) is 2.79. The van der Waals surface area contributed by atoms with Crippen molar-refractivity contribution in [3.63, 3.8) is 0 Å². The molecule has 3 rings (SSSR count). The second kappa shape index (κ2) is 5.80. The number of fused-ring (bicyclic) bond motifs is 1. The standard InChI is InChI=1S/C19H20N2O2/c1-5-14(15-8-9-20-18(15)11(2)3)13-6-7-16-17(10-13)23-12(4)19(22)21-16/h5-10,12,20H,2H2,1,3-4H3,(H,21,22)/b14-5-. The molecule has 4 heteroatoms. The smallest absolute Gasteiger partial charge is 0.265 e. The Morgan fingerprint density at radius 2 is 2.13 bits per heavy atom. The Kier molecular flexibility index (Phi) is 3.82. The van der Waals surface area contributed by atoms with E-state index in [1.165, 1.54) is 0 Å². The predicted octanol–water partition coefficient (Wildman–Crippen LogP) is 4.22. The van der Waals surface area contributed by atoms with Gasteiger partial charge in [0.15, 0.2) is 6.10 Å². The van der Waals surface area contributed by atoms with Gasteiger partial charge in [0.1, 0.15) is 5.75 Å². The number of hydrogen-bond donors (Lipinski definition) is 2. The van der Waals surface area contributed by atoms with Gasteiger partial charge in [-0.2, -0.15) is 0 Å². The van der Waals surface area contributed by atoms with Crippen molar-refractivity contribution >= 4 is 22.7 Å². The number of ether oxygens (including phenoxy) is 1. The highest BCUT2D eigenvalue weighted by Gasteiger charge is 2.24. The van der Waals surface area contributed by atoms with Crippen LogP contribution in [0.1, 0.15) is 37.6 Å². The summed E-state index contributed by atoms with van der Waals surface area (Å²) in [5, 5.41) is 2.85. The van der Waals surface area contributed by atoms with Gasteiger partial charge >= 0.3 is 0 Å². The summed E-state index contributed by atoms with van der Waals surface area (Å²) < 4.78 is 5.71. The zero-order valence-electron chi connectivity index (χ0n) is 13.6. The molecule has 2 N–H and O–H groups in total. The molecule has 118 valence electrons. The quantitative estimate of drug-likeness (QED) is 0.892. The largest absolute Gasteiger partial charge is 0.479 e. The minimum Gasteiger partial charge on any atom is -0.479 e. The summed E-state index contributed by atoms with van der Waals surface area (Å²) in [7, 11) is 0. The molecule has 1 atom stereocenters. The number of carbonyl (C=O) groups is 1. The molecule has 1 aliphatic heterocycles. The molecule has 0 saturated carbocycles. The number of H-pyrrole nitrogens is 1. The van der Waals surface area contributed by atoms with Crippen molar-refractivity contribution in [1.29, 1.82) is 0 Å². The van der Waals surface area contributed by atoms with E-state index in [1.54, 1.807) is 6.92 Å². The maximum Gasteiger partial charge on any atom is 0.265 e. The zero-order valence-corrected chi connectivity index (χ0v) is 13.6. The normalized spacial score (nSPS) is 17.3. The number of aromatic amines is 1. The molecule has 2 aromatic rings. The molecule has 1 unspecified atom stereocenters. The number of amides is 1. The molecule has 23 heavy (non-hydrogen) atoms. The Hall–Kier alpha value is -2.75. The first-order valence-electron chi connectivity index (χ1n) is 7.63. The minimum absolute atomic E-state index is 0.119. The Morgan fingerprint density at radius 3 is 2.83 bits per heavy atom. The molecule has 4 nitrogen and oxygen atoms in total. The molecule has 1 amide bonds. The Labute approximate surface area is 135 Å². The van der Waals surface area contributed by atoms with Crippen molar-refractivity contribution in [3.05, 3.63) is 59.9 Å². The molecule has 0 aliphatic carbocycles. The fourth-order valence-corrected chi connectivity index (χ4v) is 2.79. The van der Waals surface area contributed by atoms with Crippen molar-refractivity contribution in [1.82, 2.24) is 4.98 Å². The number of anilines is 1. The van der Waals surface area contributed by atoms with Gasteiger partial charge < -0.3 is 15.0 Å². The van der Waals surface area contributed by atoms with Crippen molar-refractivity contribution in [3.8, 4) is 5.75 Å². The Balaban J connectivity index is 2.04. The predicted molar refractivity (Wildman–Crippen MR) is 93.4 cm³/mol. The monoisotopic (exact) mass is 308 g/mol. The van der Waals surface area contributed by atoms with Gasteiger partial charge in [-0.3, -0.25) is 4.79 Å². The van der Waals surface area contributed by atoms with Crippen LogP contribution >= 0.6 is 0 Å². The summed E-state index contributed by atoms with van der Waals surface area (Å²) in [4.78, 5) is 14.9. The lowest BCUT2D eigenvalue weighted by atomic mass is 9.95. The van der Waals surface area contributed by atoms with Crippen LogP contribution in [0.5, 0.6) is 5.75 Å². The lowest BCUT2D eigenvalue weighted by Gasteiger charge is -2.24. The van der Waals surface area contributed by atoms with Crippen LogP contribution in [0.25, 0.3) is 11.1 Å². The SMILES string of the molecule is C=C(C)c1[nH]ccc1/C(=C\C)c1ccc2c(c1)OC(C)C(=O)N2. The molecule has 0 spiro atoms. The molecule has 1 aliphatic rings. The van der Waals surface area contributed by atoms with Crippen molar-refractivity contribution in [2.24, 2.45) is 0 Å². The maximum absolute atomic E-state index is 11.7. The third-order valence-electron chi connectivity index (χ3n) is 3.98. The Morgan fingerprint density at radius 1 is 1.35 bits per heavy atom. The van der Waals surface area contributed by atoms with E-state index >= 15 is 0 Å². The van der Waals surface area contributed by atoms with Crippen molar-refractivity contribution in [2.45, 2.75) is 26.9 Å². The molecule has 1 aromatic heterocycles. The number of aromatic nitrogens is 1. The number of hydrogen-bond acceptors (Lipinski definition) is 2. The molecular weight excluding hydrogens is 288 g/mol. The van der Waals surface area contributed by atoms with E-state index in [-0.39, 0.29) is 5.91 Å². The zero-order chi connectivity index (χ0) is 16.6. The summed E-state index contributed by atoms with van der Waals surface area (Å²) in [6.07, 6.45) is 3.51. The van der Waals surface area contributed by atoms with Crippen molar-refractivity contribution in [2.75, 3.05) is 5.32 Å². The molecule has 2 heterocycles. The number of nitrogens with one attached hydrogen (secondary N) is 2. The van der Waals surface area contributed by atoms with Crippen LogP contribution in [0, 0.1) is 0 Å². The van der Waals surface area contributed by atoms with E-state index in [0.29, 0.717) is 11.4 Å². The molecule has 1 aromatic carbocycles. The van der Waals surface area contributed by atoms with Crippen LogP contribution in [-0.4, -0.2) is 17.0 Å². The van der Waals surface area contributed by atoms with E-state index in [4.69, 9.17) is 4.74 Å². The lowest BCUT2D eigenvalue weighted by molar-refractivity contribution is -0.122. The van der Waals surface area contributed by atoms with E-state index in [2.05, 4.69) is 23.0 Å². The minimum atomic E-state index is -0.481. The molecule has 0 bridgehead atoms. The van der Waals surface area contributed by atoms with Gasteiger partial charge in [0.25, 0.3) is 5.91 Å². The molecule has 0 radical (unpaired) electrons. The third kappa shape index (κ3) is 2.68. The Bertz CT molecular complexity index is 815. The van der Waals surface area contributed by atoms with Gasteiger partial charge in [-0.15, -0.1) is 0 Å². The average molecular weight is 308 g/mol. The third-order valence-corrected chi connectivity index (χ3v) is 3.98. The van der Waals surface area contributed by atoms with Gasteiger partial charge in [0.05, 0.1) is 5.69 Å². The second-order valence-electron chi connectivity index (χ2n) is 5.71. The van der Waals surface area contributed by atoms with Crippen LogP contribution in [0.4, 0.5) is 5.69 Å². The van der Waals surface area contributed by atoms with Gasteiger partial charge in [0.2, 0.25) is 0 Å². The molecular formula is C19H20N2O2. The summed E-state index contributed by atoms with van der Waals surface area (Å²) in [5.41, 5.74) is 5.96. The second-order valence-corrected chi connectivity index (χ2v) is 5.71. The van der Waals surface area contributed by atoms with Gasteiger partial charge in [0, 0.05) is 17.5 Å². The van der Waals surface area contributed by atoms with Crippen molar-refractivity contribution < 1.29 is 9.53 Å². The summed E-state index contributed by atoms with van der Waals surface area (Å²) >= 11 is 0. The summed E-state index contributed by atoms with van der Waals surface area (Å²) in [6.45, 7) is 9.76. The van der Waals surface area contributed by atoms with Gasteiger partial charge in [-0.05, 0) is 55.7 Å². The number of carbonyl (C=O) groups excluding carboxylic acids is 1. The van der Waals surface area contributed by atoms with Crippen LogP contribution < -0.4 is 10.1 Å². The highest BCUT2D eigenvalue weighted by Crippen LogP contribution is 2.36. The maximum atomic E-state index is 11.7. The van der Waals surface area contributed by atoms with Crippen LogP contribution in [0.15, 0.2) is 43.1 Å². The first-order valence-corrected chi connectivity index (χ1v) is 7.63. The first kappa shape index (κ1) is 15.2. The van der Waals surface area contributed by atoms with Crippen LogP contribution in [0.3, 0.4) is 0 Å². The van der Waals surface area contributed by atoms with Crippen LogP contribution in [-0.2, 0) is 4.79 Å². The fraction of sp³-hybridized carbons (Fsp3) is 0.211. The van der Waals surface area contributed by atoms with Crippen LogP contribution in [0.2, 0.25) is 0 Å². The molecule has 0 saturated heterocycles. The lowest BCUT2D eigenvalue weighted by Crippen LogP contribution is -2.34. The van der Waals surface area contributed by atoms with Gasteiger partial charge in [-0.25, -0.2) is 0 Å². The first-order chi connectivity index (χ1) is 11.0. The van der Waals surface area contributed by atoms with E-state index in [1.807, 2.05) is 44.3 Å². The summed E-state index contributed by atoms with van der Waals surface area (Å²) in [5.74, 6) is 0.577. The van der Waals surface area contributed by atoms with Gasteiger partial charge in [-0.1, -0.05) is 18.7 Å². The number of benzene rings is 1. The topological polar surface area (TPSA) is 54.1 Å². The number of rotatable bonds is 3. The summed E-state index contributed by atoms with van der Waals surface area (Å²) in [6, 6.07) is 7.88. The number of allylic oxidation sites excluding steroid dienone is 2. The molecule has 0 fully saturated rings. The van der Waals surface area contributed by atoms with E-state index in [9.17, 15) is 4.79 Å². The van der Waals surface area contributed by atoms with E-state index in [0.717, 1.165) is 28.0 Å². The average Bonchev–Trinajstić information content (AvgIpc) is 2.99. The highest BCUT2D eigenvalue weighted by molar-refractivity contribution is 5.98. The van der Waals surface area contributed by atoms with E-state index < -0.39 is 6.10 Å².